The summed E-state index contributed by atoms with van der Waals surface area (Å²) in [5.41, 5.74) is 16.4. The van der Waals surface area contributed by atoms with Gasteiger partial charge in [-0.3, -0.25) is 0 Å². The maximum absolute atomic E-state index is 6.47. The molecule has 0 N–H and O–H groups in total. The van der Waals surface area contributed by atoms with E-state index in [2.05, 4.69) is 228 Å². The standard InChI is InChI=1S/C60H40N2O2/c1-3-17-41(18-4-1)49-25-7-11-29-55(49)61(47-33-35-53-51-27-9-13-31-57(51)63-59(53)39-47)45-23-15-21-43(37-45)44-22-16-24-46(38-44)62(56-30-12-8-26-50(56)42-19-5-2-6-20-42)48-34-36-54-52-28-10-14-32-58(52)64-60(54)40-48/h1-40H. The normalized spacial score (nSPS) is 11.4. The van der Waals surface area contributed by atoms with E-state index in [0.29, 0.717) is 0 Å². The van der Waals surface area contributed by atoms with Crippen molar-refractivity contribution >= 4 is 78.0 Å². The van der Waals surface area contributed by atoms with Crippen LogP contribution in [0.3, 0.4) is 0 Å². The molecule has 0 spiro atoms. The van der Waals surface area contributed by atoms with Crippen LogP contribution in [0.1, 0.15) is 0 Å². The molecule has 64 heavy (non-hydrogen) atoms. The Morgan fingerprint density at radius 3 is 1.06 bits per heavy atom. The zero-order chi connectivity index (χ0) is 42.4. The fraction of sp³-hybridized carbons (Fsp3) is 0. The van der Waals surface area contributed by atoms with E-state index in [1.807, 2.05) is 24.3 Å². The number of para-hydroxylation sites is 4. The Balaban J connectivity index is 1.02. The average molecular weight is 821 g/mol. The molecule has 0 bridgehead atoms. The first-order valence-corrected chi connectivity index (χ1v) is 21.7. The fourth-order valence-electron chi connectivity index (χ4n) is 9.27. The van der Waals surface area contributed by atoms with E-state index < -0.39 is 0 Å². The third-order valence-corrected chi connectivity index (χ3v) is 12.2. The lowest BCUT2D eigenvalue weighted by atomic mass is 9.99. The molecule has 0 radical (unpaired) electrons. The highest BCUT2D eigenvalue weighted by molar-refractivity contribution is 6.07. The van der Waals surface area contributed by atoms with Crippen molar-refractivity contribution < 1.29 is 8.83 Å². The zero-order valence-electron chi connectivity index (χ0n) is 34.8. The second kappa shape index (κ2) is 15.7. The van der Waals surface area contributed by atoms with E-state index in [1.165, 1.54) is 0 Å². The van der Waals surface area contributed by atoms with Gasteiger partial charge in [0.05, 0.1) is 11.4 Å². The molecule has 2 aromatic heterocycles. The first kappa shape index (κ1) is 37.2. The maximum atomic E-state index is 6.47. The van der Waals surface area contributed by atoms with Crippen LogP contribution >= 0.6 is 0 Å². The molecule has 10 aromatic carbocycles. The number of benzene rings is 10. The maximum Gasteiger partial charge on any atom is 0.137 e. The summed E-state index contributed by atoms with van der Waals surface area (Å²) < 4.78 is 12.9. The van der Waals surface area contributed by atoms with Crippen molar-refractivity contribution in [3.63, 3.8) is 0 Å². The van der Waals surface area contributed by atoms with E-state index in [-0.39, 0.29) is 0 Å². The highest BCUT2D eigenvalue weighted by Gasteiger charge is 2.22. The Hall–Kier alpha value is -8.60. The minimum absolute atomic E-state index is 0.849. The van der Waals surface area contributed by atoms with Crippen molar-refractivity contribution in [3.8, 4) is 33.4 Å². The topological polar surface area (TPSA) is 32.8 Å². The van der Waals surface area contributed by atoms with Gasteiger partial charge in [0.1, 0.15) is 22.3 Å². The summed E-state index contributed by atoms with van der Waals surface area (Å²) in [6.07, 6.45) is 0. The molecule has 2 heterocycles. The van der Waals surface area contributed by atoms with Crippen LogP contribution in [0.25, 0.3) is 77.3 Å². The SMILES string of the molecule is c1ccc(-c2ccccc2N(c2cccc(-c3cccc(N(c4ccc5c(c4)oc4ccccc45)c4ccccc4-c4ccccc4)c3)c2)c2ccc3c(c2)oc2ccccc23)cc1. The van der Waals surface area contributed by atoms with Crippen molar-refractivity contribution in [3.05, 3.63) is 243 Å². The molecule has 0 saturated heterocycles. The van der Waals surface area contributed by atoms with Gasteiger partial charge in [0.25, 0.3) is 0 Å². The molecule has 12 rings (SSSR count). The fourth-order valence-corrected chi connectivity index (χ4v) is 9.27. The Morgan fingerprint density at radius 1 is 0.234 bits per heavy atom. The highest BCUT2D eigenvalue weighted by Crippen LogP contribution is 2.46. The molecule has 4 heteroatoms. The predicted octanol–water partition coefficient (Wildman–Crippen LogP) is 17.4. The molecule has 0 saturated carbocycles. The highest BCUT2D eigenvalue weighted by atomic mass is 16.3. The zero-order valence-corrected chi connectivity index (χ0v) is 34.8. The quantitative estimate of drug-likeness (QED) is 0.145. The first-order chi connectivity index (χ1) is 31.7. The molecule has 0 atom stereocenters. The molecular weight excluding hydrogens is 781 g/mol. The number of hydrogen-bond donors (Lipinski definition) is 0. The van der Waals surface area contributed by atoms with E-state index in [0.717, 1.165) is 111 Å². The van der Waals surface area contributed by atoms with Crippen LogP contribution in [0, 0.1) is 0 Å². The van der Waals surface area contributed by atoms with Crippen LogP contribution in [0.2, 0.25) is 0 Å². The van der Waals surface area contributed by atoms with Gasteiger partial charge in [-0.15, -0.1) is 0 Å². The number of furan rings is 2. The Bertz CT molecular complexity index is 3400. The summed E-state index contributed by atoms with van der Waals surface area (Å²) in [5, 5.41) is 4.42. The van der Waals surface area contributed by atoms with Gasteiger partial charge < -0.3 is 18.6 Å². The summed E-state index contributed by atoms with van der Waals surface area (Å²) in [6, 6.07) is 85.9. The van der Waals surface area contributed by atoms with Gasteiger partial charge >= 0.3 is 0 Å². The van der Waals surface area contributed by atoms with Crippen molar-refractivity contribution in [1.82, 2.24) is 0 Å². The van der Waals surface area contributed by atoms with Crippen LogP contribution in [0.4, 0.5) is 34.1 Å². The molecule has 0 amide bonds. The average Bonchev–Trinajstić information content (AvgIpc) is 3.93. The first-order valence-electron chi connectivity index (χ1n) is 21.7. The lowest BCUT2D eigenvalue weighted by Crippen LogP contribution is -2.12. The molecule has 302 valence electrons. The molecule has 0 aliphatic heterocycles. The van der Waals surface area contributed by atoms with E-state index in [9.17, 15) is 0 Å². The van der Waals surface area contributed by atoms with Crippen molar-refractivity contribution in [2.75, 3.05) is 9.80 Å². The smallest absolute Gasteiger partial charge is 0.137 e. The van der Waals surface area contributed by atoms with E-state index in [4.69, 9.17) is 8.83 Å². The second-order valence-corrected chi connectivity index (χ2v) is 16.1. The summed E-state index contributed by atoms with van der Waals surface area (Å²) in [4.78, 5) is 4.71. The van der Waals surface area contributed by atoms with Crippen molar-refractivity contribution in [2.45, 2.75) is 0 Å². The number of fused-ring (bicyclic) bond motifs is 6. The summed E-state index contributed by atoms with van der Waals surface area (Å²) in [5.74, 6) is 0. The van der Waals surface area contributed by atoms with Crippen molar-refractivity contribution in [1.29, 1.82) is 0 Å². The van der Waals surface area contributed by atoms with Crippen LogP contribution in [-0.2, 0) is 0 Å². The largest absolute Gasteiger partial charge is 0.456 e. The molecular formula is C60H40N2O2. The molecule has 0 fully saturated rings. The summed E-state index contributed by atoms with van der Waals surface area (Å²) in [7, 11) is 0. The lowest BCUT2D eigenvalue weighted by molar-refractivity contribution is 0.668. The molecule has 0 aliphatic rings. The number of rotatable bonds is 9. The Kier molecular flexibility index (Phi) is 9.12. The van der Waals surface area contributed by atoms with Crippen LogP contribution in [0.5, 0.6) is 0 Å². The van der Waals surface area contributed by atoms with Gasteiger partial charge in [0.15, 0.2) is 0 Å². The van der Waals surface area contributed by atoms with Crippen LogP contribution < -0.4 is 9.80 Å². The monoisotopic (exact) mass is 820 g/mol. The van der Waals surface area contributed by atoms with E-state index >= 15 is 0 Å². The van der Waals surface area contributed by atoms with Gasteiger partial charge in [-0.1, -0.05) is 158 Å². The molecule has 0 unspecified atom stereocenters. The van der Waals surface area contributed by atoms with Gasteiger partial charge in [0.2, 0.25) is 0 Å². The third-order valence-electron chi connectivity index (χ3n) is 12.2. The Morgan fingerprint density at radius 2 is 0.594 bits per heavy atom. The number of anilines is 6. The summed E-state index contributed by atoms with van der Waals surface area (Å²) in [6.45, 7) is 0. The van der Waals surface area contributed by atoms with Gasteiger partial charge in [0, 0.05) is 67.6 Å². The number of hydrogen-bond acceptors (Lipinski definition) is 4. The Labute approximate surface area is 371 Å². The molecule has 4 nitrogen and oxygen atoms in total. The van der Waals surface area contributed by atoms with Crippen LogP contribution in [-0.4, -0.2) is 0 Å². The van der Waals surface area contributed by atoms with Crippen molar-refractivity contribution in [2.24, 2.45) is 0 Å². The second-order valence-electron chi connectivity index (χ2n) is 16.1. The van der Waals surface area contributed by atoms with E-state index in [1.54, 1.807) is 0 Å². The predicted molar refractivity (Wildman–Crippen MR) is 267 cm³/mol. The van der Waals surface area contributed by atoms with Gasteiger partial charge in [-0.25, -0.2) is 0 Å². The number of nitrogens with zero attached hydrogens (tertiary/aromatic N) is 2. The van der Waals surface area contributed by atoms with Gasteiger partial charge in [-0.05, 0) is 95.1 Å². The molecule has 12 aromatic rings. The molecule has 0 aliphatic carbocycles. The third kappa shape index (κ3) is 6.57. The minimum Gasteiger partial charge on any atom is -0.456 e. The summed E-state index contributed by atoms with van der Waals surface area (Å²) >= 11 is 0. The minimum atomic E-state index is 0.849. The van der Waals surface area contributed by atoms with Crippen LogP contribution in [0.15, 0.2) is 251 Å². The van der Waals surface area contributed by atoms with Gasteiger partial charge in [-0.2, -0.15) is 0 Å². The lowest BCUT2D eigenvalue weighted by Gasteiger charge is -2.29.